The number of para-hydroxylation sites is 1. The molecule has 0 aliphatic carbocycles. The van der Waals surface area contributed by atoms with Gasteiger partial charge in [-0.1, -0.05) is 61.9 Å². The van der Waals surface area contributed by atoms with Crippen molar-refractivity contribution in [2.24, 2.45) is 5.92 Å². The van der Waals surface area contributed by atoms with Crippen molar-refractivity contribution in [1.82, 2.24) is 14.8 Å². The predicted molar refractivity (Wildman–Crippen MR) is 137 cm³/mol. The second kappa shape index (κ2) is 12.4. The number of hydrogen-bond donors (Lipinski definition) is 1. The Balaban J connectivity index is 1.76. The van der Waals surface area contributed by atoms with Gasteiger partial charge < -0.3 is 19.5 Å². The van der Waals surface area contributed by atoms with Crippen molar-refractivity contribution < 1.29 is 14.3 Å². The SMILES string of the molecule is COCCCN(CC(=O)N(CCc1c[nH]c2ccccc12)Cc1ccc(C)cc1)C(=O)C(C)C. The Hall–Kier alpha value is -3.12. The zero-order valence-corrected chi connectivity index (χ0v) is 20.8. The van der Waals surface area contributed by atoms with Crippen molar-refractivity contribution in [2.45, 2.75) is 40.2 Å². The zero-order chi connectivity index (χ0) is 24.5. The van der Waals surface area contributed by atoms with Crippen LogP contribution in [0.4, 0.5) is 0 Å². The van der Waals surface area contributed by atoms with E-state index in [1.165, 1.54) is 16.5 Å². The standard InChI is InChI=1S/C28H37N3O3/c1-21(2)28(33)31(15-7-17-34-4)20-27(32)30(19-23-12-10-22(3)11-13-23)16-14-24-18-29-26-9-6-5-8-25(24)26/h5-6,8-13,18,21,29H,7,14-17,19-20H2,1-4H3. The summed E-state index contributed by atoms with van der Waals surface area (Å²) in [6.45, 7) is 8.05. The van der Waals surface area contributed by atoms with E-state index in [9.17, 15) is 9.59 Å². The molecule has 0 unspecified atom stereocenters. The second-order valence-corrected chi connectivity index (χ2v) is 9.17. The summed E-state index contributed by atoms with van der Waals surface area (Å²) < 4.78 is 5.15. The largest absolute Gasteiger partial charge is 0.385 e. The van der Waals surface area contributed by atoms with Crippen LogP contribution in [0.15, 0.2) is 54.7 Å². The topological polar surface area (TPSA) is 65.6 Å². The molecule has 0 saturated carbocycles. The molecular weight excluding hydrogens is 426 g/mol. The van der Waals surface area contributed by atoms with E-state index in [2.05, 4.69) is 48.3 Å². The first-order chi connectivity index (χ1) is 16.4. The Morgan fingerprint density at radius 1 is 1.00 bits per heavy atom. The highest BCUT2D eigenvalue weighted by atomic mass is 16.5. The number of aromatic amines is 1. The Labute approximate surface area is 202 Å². The van der Waals surface area contributed by atoms with Gasteiger partial charge in [-0.05, 0) is 37.0 Å². The van der Waals surface area contributed by atoms with Crippen molar-refractivity contribution in [2.75, 3.05) is 33.4 Å². The molecule has 1 N–H and O–H groups in total. The van der Waals surface area contributed by atoms with Gasteiger partial charge in [0.1, 0.15) is 0 Å². The molecule has 0 radical (unpaired) electrons. The second-order valence-electron chi connectivity index (χ2n) is 9.17. The van der Waals surface area contributed by atoms with E-state index in [1.54, 1.807) is 12.0 Å². The minimum Gasteiger partial charge on any atom is -0.385 e. The summed E-state index contributed by atoms with van der Waals surface area (Å²) in [6.07, 6.45) is 3.47. The first-order valence-corrected chi connectivity index (χ1v) is 12.0. The number of H-pyrrole nitrogens is 1. The van der Waals surface area contributed by atoms with Gasteiger partial charge in [-0.3, -0.25) is 9.59 Å². The van der Waals surface area contributed by atoms with Crippen LogP contribution in [0.3, 0.4) is 0 Å². The minimum atomic E-state index is -0.160. The molecular formula is C28H37N3O3. The van der Waals surface area contributed by atoms with E-state index >= 15 is 0 Å². The fourth-order valence-electron chi connectivity index (χ4n) is 4.10. The maximum Gasteiger partial charge on any atom is 0.242 e. The van der Waals surface area contributed by atoms with Gasteiger partial charge in [0.15, 0.2) is 0 Å². The number of carbonyl (C=O) groups is 2. The lowest BCUT2D eigenvalue weighted by Gasteiger charge is -2.29. The van der Waals surface area contributed by atoms with Crippen molar-refractivity contribution in [1.29, 1.82) is 0 Å². The quantitative estimate of drug-likeness (QED) is 0.400. The molecule has 0 aliphatic heterocycles. The summed E-state index contributed by atoms with van der Waals surface area (Å²) in [5.41, 5.74) is 4.56. The highest BCUT2D eigenvalue weighted by molar-refractivity contribution is 5.86. The number of ether oxygens (including phenoxy) is 1. The average molecular weight is 464 g/mol. The Kier molecular flexibility index (Phi) is 9.28. The molecule has 34 heavy (non-hydrogen) atoms. The van der Waals surface area contributed by atoms with E-state index in [0.29, 0.717) is 32.7 Å². The molecule has 0 saturated heterocycles. The third kappa shape index (κ3) is 6.94. The van der Waals surface area contributed by atoms with Crippen molar-refractivity contribution in [3.63, 3.8) is 0 Å². The third-order valence-electron chi connectivity index (χ3n) is 6.08. The number of aryl methyl sites for hydroxylation is 1. The van der Waals surface area contributed by atoms with Crippen LogP contribution in [-0.2, 0) is 27.3 Å². The summed E-state index contributed by atoms with van der Waals surface area (Å²) in [5.74, 6) is -0.199. The predicted octanol–water partition coefficient (Wildman–Crippen LogP) is 4.57. The Bertz CT molecular complexity index is 1070. The van der Waals surface area contributed by atoms with Crippen LogP contribution in [0.5, 0.6) is 0 Å². The molecule has 2 amide bonds. The van der Waals surface area contributed by atoms with Crippen LogP contribution in [-0.4, -0.2) is 59.9 Å². The van der Waals surface area contributed by atoms with E-state index in [4.69, 9.17) is 4.74 Å². The van der Waals surface area contributed by atoms with Gasteiger partial charge in [-0.15, -0.1) is 0 Å². The van der Waals surface area contributed by atoms with Crippen LogP contribution >= 0.6 is 0 Å². The zero-order valence-electron chi connectivity index (χ0n) is 20.8. The smallest absolute Gasteiger partial charge is 0.242 e. The van der Waals surface area contributed by atoms with Gasteiger partial charge in [0.25, 0.3) is 0 Å². The fraction of sp³-hybridized carbons (Fsp3) is 0.429. The van der Waals surface area contributed by atoms with Gasteiger partial charge in [-0.2, -0.15) is 0 Å². The number of carbonyl (C=O) groups excluding carboxylic acids is 2. The molecule has 0 fully saturated rings. The van der Waals surface area contributed by atoms with Crippen molar-refractivity contribution >= 4 is 22.7 Å². The van der Waals surface area contributed by atoms with Gasteiger partial charge in [0.2, 0.25) is 11.8 Å². The lowest BCUT2D eigenvalue weighted by Crippen LogP contribution is -2.45. The number of hydrogen-bond acceptors (Lipinski definition) is 3. The first kappa shape index (κ1) is 25.5. The summed E-state index contributed by atoms with van der Waals surface area (Å²) in [6, 6.07) is 16.5. The number of amides is 2. The average Bonchev–Trinajstić information content (AvgIpc) is 3.25. The molecule has 1 aromatic heterocycles. The minimum absolute atomic E-state index is 0.00336. The monoisotopic (exact) mass is 463 g/mol. The Morgan fingerprint density at radius 2 is 1.74 bits per heavy atom. The molecule has 1 heterocycles. The summed E-state index contributed by atoms with van der Waals surface area (Å²) in [7, 11) is 1.65. The number of benzene rings is 2. The number of methoxy groups -OCH3 is 1. The number of rotatable bonds is 12. The summed E-state index contributed by atoms with van der Waals surface area (Å²) >= 11 is 0. The first-order valence-electron chi connectivity index (χ1n) is 12.0. The molecule has 0 aliphatic rings. The summed E-state index contributed by atoms with van der Waals surface area (Å²) in [5, 5.41) is 1.18. The maximum absolute atomic E-state index is 13.5. The van der Waals surface area contributed by atoms with Crippen LogP contribution in [0.1, 0.15) is 37.0 Å². The molecule has 0 spiro atoms. The molecule has 3 aromatic rings. The van der Waals surface area contributed by atoms with Crippen LogP contribution in [0.2, 0.25) is 0 Å². The fourth-order valence-corrected chi connectivity index (χ4v) is 4.10. The van der Waals surface area contributed by atoms with Crippen LogP contribution in [0.25, 0.3) is 10.9 Å². The Morgan fingerprint density at radius 3 is 2.44 bits per heavy atom. The van der Waals surface area contributed by atoms with Crippen LogP contribution < -0.4 is 0 Å². The lowest BCUT2D eigenvalue weighted by atomic mass is 10.1. The summed E-state index contributed by atoms with van der Waals surface area (Å²) in [4.78, 5) is 33.2. The lowest BCUT2D eigenvalue weighted by molar-refractivity contribution is -0.142. The number of nitrogens with zero attached hydrogens (tertiary/aromatic N) is 2. The van der Waals surface area contributed by atoms with E-state index in [1.807, 2.05) is 37.1 Å². The highest BCUT2D eigenvalue weighted by Gasteiger charge is 2.23. The maximum atomic E-state index is 13.5. The molecule has 6 heteroatoms. The third-order valence-corrected chi connectivity index (χ3v) is 6.08. The number of fused-ring (bicyclic) bond motifs is 1. The van der Waals surface area contributed by atoms with E-state index in [0.717, 1.165) is 17.5 Å². The molecule has 2 aromatic carbocycles. The normalized spacial score (nSPS) is 11.2. The highest BCUT2D eigenvalue weighted by Crippen LogP contribution is 2.19. The molecule has 0 atom stereocenters. The van der Waals surface area contributed by atoms with Crippen LogP contribution in [0, 0.1) is 12.8 Å². The van der Waals surface area contributed by atoms with Gasteiger partial charge in [-0.25, -0.2) is 0 Å². The number of nitrogens with one attached hydrogen (secondary N) is 1. The van der Waals surface area contributed by atoms with Gasteiger partial charge in [0, 0.05) is 56.4 Å². The van der Waals surface area contributed by atoms with Gasteiger partial charge in [0.05, 0.1) is 6.54 Å². The van der Waals surface area contributed by atoms with Gasteiger partial charge >= 0.3 is 0 Å². The van der Waals surface area contributed by atoms with E-state index < -0.39 is 0 Å². The molecule has 3 rings (SSSR count). The molecule has 6 nitrogen and oxygen atoms in total. The molecule has 0 bridgehead atoms. The van der Waals surface area contributed by atoms with Crippen molar-refractivity contribution in [3.05, 3.63) is 71.4 Å². The van der Waals surface area contributed by atoms with Crippen molar-refractivity contribution in [3.8, 4) is 0 Å². The molecule has 182 valence electrons. The van der Waals surface area contributed by atoms with E-state index in [-0.39, 0.29) is 24.3 Å². The number of aromatic nitrogens is 1.